The largest absolute Gasteiger partial charge is 0.464 e. The van der Waals surface area contributed by atoms with E-state index in [1.807, 2.05) is 0 Å². The minimum absolute atomic E-state index is 0.00806. The lowest BCUT2D eigenvalue weighted by Crippen LogP contribution is -2.30. The first kappa shape index (κ1) is 14.4. The van der Waals surface area contributed by atoms with E-state index < -0.39 is 5.97 Å². The number of rotatable bonds is 4. The van der Waals surface area contributed by atoms with Crippen LogP contribution in [0.4, 0.5) is 5.13 Å². The summed E-state index contributed by atoms with van der Waals surface area (Å²) in [6, 6.07) is -0.364. The molecular formula is C12H15N3O4S. The molecule has 1 aromatic heterocycles. The summed E-state index contributed by atoms with van der Waals surface area (Å²) in [4.78, 5) is 40.8. The molecule has 0 aliphatic carbocycles. The van der Waals surface area contributed by atoms with Gasteiger partial charge in [-0.25, -0.2) is 9.78 Å². The number of hydrogen-bond donors (Lipinski definition) is 1. The van der Waals surface area contributed by atoms with Crippen LogP contribution < -0.4 is 5.32 Å². The predicted octanol–water partition coefficient (Wildman–Crippen LogP) is 0.775. The van der Waals surface area contributed by atoms with Gasteiger partial charge in [-0.2, -0.15) is 0 Å². The molecule has 8 heteroatoms. The molecule has 1 fully saturated rings. The highest BCUT2D eigenvalue weighted by Crippen LogP contribution is 2.26. The lowest BCUT2D eigenvalue weighted by atomic mass is 10.2. The fourth-order valence-electron chi connectivity index (χ4n) is 1.96. The Morgan fingerprint density at radius 3 is 2.70 bits per heavy atom. The topological polar surface area (TPSA) is 88.6 Å². The lowest BCUT2D eigenvalue weighted by Gasteiger charge is -2.10. The van der Waals surface area contributed by atoms with Crippen LogP contribution in [-0.4, -0.2) is 54.3 Å². The van der Waals surface area contributed by atoms with Gasteiger partial charge in [-0.3, -0.25) is 9.59 Å². The fourth-order valence-corrected chi connectivity index (χ4v) is 2.86. The highest BCUT2D eigenvalue weighted by Gasteiger charge is 2.30. The Labute approximate surface area is 119 Å². The van der Waals surface area contributed by atoms with Gasteiger partial charge < -0.3 is 15.0 Å². The summed E-state index contributed by atoms with van der Waals surface area (Å²) in [5.74, 6) is -0.940. The van der Waals surface area contributed by atoms with Crippen molar-refractivity contribution in [1.82, 2.24) is 9.88 Å². The quantitative estimate of drug-likeness (QED) is 0.652. The highest BCUT2D eigenvalue weighted by atomic mass is 32.1. The molecule has 1 aliphatic heterocycles. The van der Waals surface area contributed by atoms with Crippen LogP contribution in [0.25, 0.3) is 0 Å². The molecule has 0 radical (unpaired) electrons. The zero-order valence-electron chi connectivity index (χ0n) is 11.4. The third-order valence-corrected chi connectivity index (χ3v) is 4.14. The number of amides is 1. The van der Waals surface area contributed by atoms with Gasteiger partial charge in [-0.05, 0) is 6.42 Å². The first-order valence-corrected chi connectivity index (χ1v) is 6.87. The van der Waals surface area contributed by atoms with Gasteiger partial charge >= 0.3 is 5.97 Å². The van der Waals surface area contributed by atoms with Crippen molar-refractivity contribution in [2.45, 2.75) is 19.4 Å². The van der Waals surface area contributed by atoms with Gasteiger partial charge in [0, 0.05) is 20.5 Å². The first-order chi connectivity index (χ1) is 9.43. The van der Waals surface area contributed by atoms with Crippen LogP contribution >= 0.6 is 11.3 Å². The number of hydrogen-bond acceptors (Lipinski definition) is 7. The molecule has 7 nitrogen and oxygen atoms in total. The van der Waals surface area contributed by atoms with Crippen molar-refractivity contribution in [1.29, 1.82) is 0 Å². The van der Waals surface area contributed by atoms with Gasteiger partial charge in [-0.1, -0.05) is 11.3 Å². The van der Waals surface area contributed by atoms with Crippen LogP contribution in [0, 0.1) is 0 Å². The summed E-state index contributed by atoms with van der Waals surface area (Å²) in [5, 5.41) is 3.35. The van der Waals surface area contributed by atoms with Crippen LogP contribution in [0.3, 0.4) is 0 Å². The molecule has 0 spiro atoms. The standard InChI is InChI=1S/C12H15N3O4S/c1-6(16)9-8(11(18)19-3)14-12(20-9)13-7-4-5-15(2)10(7)17/h7H,4-5H2,1-3H3,(H,13,14). The molecule has 1 aromatic rings. The molecule has 2 heterocycles. The molecule has 0 saturated carbocycles. The third kappa shape index (κ3) is 2.64. The zero-order valence-corrected chi connectivity index (χ0v) is 12.2. The second-order valence-corrected chi connectivity index (χ2v) is 5.49. The molecule has 1 aliphatic rings. The maximum atomic E-state index is 11.8. The summed E-state index contributed by atoms with van der Waals surface area (Å²) < 4.78 is 4.60. The summed E-state index contributed by atoms with van der Waals surface area (Å²) in [5.41, 5.74) is -0.00806. The summed E-state index contributed by atoms with van der Waals surface area (Å²) in [6.45, 7) is 2.03. The van der Waals surface area contributed by atoms with Gasteiger partial charge in [-0.15, -0.1) is 0 Å². The van der Waals surface area contributed by atoms with Crippen LogP contribution in [0.15, 0.2) is 0 Å². The van der Waals surface area contributed by atoms with Crippen molar-refractivity contribution in [3.8, 4) is 0 Å². The zero-order chi connectivity index (χ0) is 14.9. The SMILES string of the molecule is COC(=O)c1nc(NC2CCN(C)C2=O)sc1C(C)=O. The second kappa shape index (κ2) is 5.58. The van der Waals surface area contributed by atoms with Crippen LogP contribution in [-0.2, 0) is 9.53 Å². The van der Waals surface area contributed by atoms with Crippen molar-refractivity contribution in [2.75, 3.05) is 26.0 Å². The first-order valence-electron chi connectivity index (χ1n) is 6.05. The Morgan fingerprint density at radius 2 is 2.20 bits per heavy atom. The number of thiazole rings is 1. The van der Waals surface area contributed by atoms with E-state index in [0.29, 0.717) is 18.1 Å². The number of nitrogens with zero attached hydrogens (tertiary/aromatic N) is 2. The molecule has 1 saturated heterocycles. The molecular weight excluding hydrogens is 282 g/mol. The summed E-state index contributed by atoms with van der Waals surface area (Å²) >= 11 is 1.06. The number of carbonyl (C=O) groups excluding carboxylic acids is 3. The fraction of sp³-hybridized carbons (Fsp3) is 0.500. The summed E-state index contributed by atoms with van der Waals surface area (Å²) in [7, 11) is 2.96. The second-order valence-electron chi connectivity index (χ2n) is 4.49. The van der Waals surface area contributed by atoms with Gasteiger partial charge in [0.05, 0.1) is 7.11 Å². The van der Waals surface area contributed by atoms with E-state index in [1.165, 1.54) is 14.0 Å². The molecule has 2 rings (SSSR count). The summed E-state index contributed by atoms with van der Waals surface area (Å²) in [6.07, 6.45) is 0.665. The Hall–Kier alpha value is -1.96. The van der Waals surface area contributed by atoms with Gasteiger partial charge in [0.2, 0.25) is 5.91 Å². The maximum Gasteiger partial charge on any atom is 0.358 e. The smallest absolute Gasteiger partial charge is 0.358 e. The molecule has 1 N–H and O–H groups in total. The van der Waals surface area contributed by atoms with E-state index in [2.05, 4.69) is 15.0 Å². The normalized spacial score (nSPS) is 18.2. The molecule has 1 unspecified atom stereocenters. The number of aromatic nitrogens is 1. The average Bonchev–Trinajstić information content (AvgIpc) is 2.97. The van der Waals surface area contributed by atoms with Gasteiger partial charge in [0.1, 0.15) is 10.9 Å². The van der Waals surface area contributed by atoms with Crippen molar-refractivity contribution >= 4 is 34.1 Å². The van der Waals surface area contributed by atoms with Crippen molar-refractivity contribution in [3.05, 3.63) is 10.6 Å². The van der Waals surface area contributed by atoms with E-state index in [4.69, 9.17) is 0 Å². The minimum atomic E-state index is -0.658. The molecule has 108 valence electrons. The highest BCUT2D eigenvalue weighted by molar-refractivity contribution is 7.17. The average molecular weight is 297 g/mol. The van der Waals surface area contributed by atoms with Crippen LogP contribution in [0.1, 0.15) is 33.5 Å². The van der Waals surface area contributed by atoms with Gasteiger partial charge in [0.25, 0.3) is 0 Å². The monoisotopic (exact) mass is 297 g/mol. The molecule has 1 amide bonds. The number of Topliss-reactive ketones (excluding diaryl/α,β-unsaturated/α-hetero) is 1. The number of esters is 1. The molecule has 0 bridgehead atoms. The minimum Gasteiger partial charge on any atom is -0.464 e. The number of ether oxygens (including phenoxy) is 1. The Balaban J connectivity index is 2.23. The number of likely N-dealkylation sites (N-methyl/N-ethyl adjacent to an activating group) is 1. The number of likely N-dealkylation sites (tertiary alicyclic amines) is 1. The molecule has 1 atom stereocenters. The lowest BCUT2D eigenvalue weighted by molar-refractivity contribution is -0.127. The van der Waals surface area contributed by atoms with Crippen LogP contribution in [0.5, 0.6) is 0 Å². The van der Waals surface area contributed by atoms with Crippen molar-refractivity contribution in [3.63, 3.8) is 0 Å². The predicted molar refractivity (Wildman–Crippen MR) is 73.1 cm³/mol. The van der Waals surface area contributed by atoms with E-state index in [0.717, 1.165) is 11.3 Å². The number of nitrogens with one attached hydrogen (secondary N) is 1. The van der Waals surface area contributed by atoms with E-state index in [-0.39, 0.29) is 28.3 Å². The Kier molecular flexibility index (Phi) is 4.03. The van der Waals surface area contributed by atoms with Crippen molar-refractivity contribution in [2.24, 2.45) is 0 Å². The van der Waals surface area contributed by atoms with E-state index in [9.17, 15) is 14.4 Å². The van der Waals surface area contributed by atoms with E-state index in [1.54, 1.807) is 11.9 Å². The Morgan fingerprint density at radius 1 is 1.50 bits per heavy atom. The number of carbonyl (C=O) groups is 3. The van der Waals surface area contributed by atoms with Crippen LogP contribution in [0.2, 0.25) is 0 Å². The van der Waals surface area contributed by atoms with Crippen molar-refractivity contribution < 1.29 is 19.1 Å². The number of methoxy groups -OCH3 is 1. The Bertz CT molecular complexity index is 569. The van der Waals surface area contributed by atoms with E-state index >= 15 is 0 Å². The number of ketones is 1. The molecule has 0 aromatic carbocycles. The van der Waals surface area contributed by atoms with Gasteiger partial charge in [0.15, 0.2) is 16.6 Å². The molecule has 20 heavy (non-hydrogen) atoms. The maximum absolute atomic E-state index is 11.8. The number of anilines is 1. The third-order valence-electron chi connectivity index (χ3n) is 3.05.